The van der Waals surface area contributed by atoms with E-state index in [0.717, 1.165) is 47.8 Å². The number of thiophene rings is 1. The van der Waals surface area contributed by atoms with Crippen molar-refractivity contribution in [2.75, 3.05) is 27.3 Å². The summed E-state index contributed by atoms with van der Waals surface area (Å²) in [5.41, 5.74) is 4.13. The van der Waals surface area contributed by atoms with Gasteiger partial charge >= 0.3 is 12.2 Å². The van der Waals surface area contributed by atoms with Crippen molar-refractivity contribution >= 4 is 46.2 Å². The molecule has 3 fully saturated rings. The van der Waals surface area contributed by atoms with Gasteiger partial charge < -0.3 is 44.6 Å². The first-order chi connectivity index (χ1) is 33.2. The van der Waals surface area contributed by atoms with Gasteiger partial charge in [-0.2, -0.15) is 0 Å². The molecule has 1 saturated carbocycles. The highest BCUT2D eigenvalue weighted by molar-refractivity contribution is 7.12. The van der Waals surface area contributed by atoms with Gasteiger partial charge in [0.15, 0.2) is 0 Å². The van der Waals surface area contributed by atoms with Crippen molar-refractivity contribution in [2.24, 2.45) is 11.8 Å². The molecule has 4 aliphatic rings. The second kappa shape index (κ2) is 18.3. The van der Waals surface area contributed by atoms with E-state index in [1.54, 1.807) is 28.3 Å². The molecule has 362 valence electrons. The molecule has 6 aromatic rings. The number of alkyl carbamates (subject to hydrolysis) is 2. The summed E-state index contributed by atoms with van der Waals surface area (Å²) in [4.78, 5) is 72.9. The molecule has 4 N–H and O–H groups in total. The maximum Gasteiger partial charge on any atom is 0.407 e. The summed E-state index contributed by atoms with van der Waals surface area (Å²) in [5, 5.41) is 6.16. The summed E-state index contributed by atoms with van der Waals surface area (Å²) in [6.45, 7) is 8.47. The molecule has 5 atom stereocenters. The molecule has 16 nitrogen and oxygen atoms in total. The van der Waals surface area contributed by atoms with Crippen LogP contribution in [0.3, 0.4) is 0 Å². The fourth-order valence-electron chi connectivity index (χ4n) is 10.1. The number of ether oxygens (including phenoxy) is 3. The van der Waals surface area contributed by atoms with Crippen LogP contribution in [0, 0.1) is 23.5 Å². The van der Waals surface area contributed by atoms with Crippen LogP contribution >= 0.6 is 11.3 Å². The number of fused-ring (bicyclic) bond motifs is 5. The van der Waals surface area contributed by atoms with Crippen LogP contribution in [0.5, 0.6) is 5.75 Å². The van der Waals surface area contributed by atoms with Gasteiger partial charge in [-0.1, -0.05) is 33.8 Å². The Morgan fingerprint density at radius 1 is 0.754 bits per heavy atom. The third kappa shape index (κ3) is 8.48. The molecule has 1 aliphatic carbocycles. The van der Waals surface area contributed by atoms with Gasteiger partial charge in [-0.25, -0.2) is 28.3 Å². The molecule has 0 radical (unpaired) electrons. The van der Waals surface area contributed by atoms with Crippen LogP contribution in [0.4, 0.5) is 18.4 Å². The Labute approximate surface area is 401 Å². The second-order valence-corrected chi connectivity index (χ2v) is 20.2. The Bertz CT molecular complexity index is 2970. The maximum absolute atomic E-state index is 16.9. The number of nitrogens with zero attached hydrogens (tertiary/aromatic N) is 5. The fraction of sp³-hybridized carbons (Fsp3) is 0.440. The Hall–Kier alpha value is -6.76. The molecule has 2 aromatic carbocycles. The second-order valence-electron chi connectivity index (χ2n) is 19.1. The number of likely N-dealkylation sites (tertiary alicyclic amines) is 2. The Morgan fingerprint density at radius 2 is 1.33 bits per heavy atom. The van der Waals surface area contributed by atoms with Crippen LogP contribution in [0.2, 0.25) is 0 Å². The van der Waals surface area contributed by atoms with E-state index in [1.807, 2.05) is 56.5 Å². The predicted octanol–water partition coefficient (Wildman–Crippen LogP) is 9.33. The number of H-pyrrole nitrogens is 2. The van der Waals surface area contributed by atoms with Crippen molar-refractivity contribution in [1.82, 2.24) is 44.9 Å². The standard InChI is InChI=1S/C50H55F2N9O7S/c1-24(2)41(57-49(64)66-5)46(62)59-15-7-9-35(59)44-53-22-32(55-44)27-13-14-34-29(17-27)19-37-40-30(51)18-28(20-38(40)68-48(61(34)37)39-21-31(52)43(69-39)26-11-12-26)33-23-54-45(56-33)36-10-8-16-60(36)47(63)42(25(3)4)58-50(65)67-6/h13-14,17-26,35-36,41-42,48H,7-12,15-16H2,1-6H3,(H,53,55)(H,54,56)(H,57,64)(H,58,65)/t35-,36-,41-,42-,48?/m0/s1. The molecule has 0 bridgehead atoms. The van der Waals surface area contributed by atoms with Crippen LogP contribution in [0.25, 0.3) is 44.7 Å². The van der Waals surface area contributed by atoms with Gasteiger partial charge in [0, 0.05) is 34.5 Å². The number of benzene rings is 2. The molecule has 0 spiro atoms. The third-order valence-corrected chi connectivity index (χ3v) is 15.1. The lowest BCUT2D eigenvalue weighted by molar-refractivity contribution is -0.136. The first-order valence-corrected chi connectivity index (χ1v) is 24.4. The van der Waals surface area contributed by atoms with E-state index >= 15 is 8.78 Å². The minimum Gasteiger partial charge on any atom is -0.464 e. The molecule has 4 amide bonds. The lowest BCUT2D eigenvalue weighted by Crippen LogP contribution is -2.51. The van der Waals surface area contributed by atoms with Gasteiger partial charge in [0.1, 0.15) is 41.1 Å². The largest absolute Gasteiger partial charge is 0.464 e. The van der Waals surface area contributed by atoms with Gasteiger partial charge in [0.05, 0.1) is 71.7 Å². The number of rotatable bonds is 12. The number of hydrogen-bond acceptors (Lipinski definition) is 10. The number of halogens is 2. The SMILES string of the molecule is COC(=O)N[C@H](C(=O)N1CCC[C@H]1c1ncc(-c2cc(F)c3c(c2)OC(c2cc(F)c(C4CC4)s2)n2c-3cc3cc(-c4cnc([C@@H]5CCCN5C(=O)[C@@H](NC(=O)OC)C(C)C)[nH]4)ccc32)[nH]1)C(C)C. The number of methoxy groups -OCH3 is 2. The highest BCUT2D eigenvalue weighted by atomic mass is 32.1. The van der Waals surface area contributed by atoms with Crippen LogP contribution in [0.1, 0.15) is 112 Å². The summed E-state index contributed by atoms with van der Waals surface area (Å²) in [6.07, 6.45) is 5.91. The monoisotopic (exact) mass is 963 g/mol. The van der Waals surface area contributed by atoms with Crippen molar-refractivity contribution in [3.63, 3.8) is 0 Å². The number of nitrogens with one attached hydrogen (secondary N) is 4. The van der Waals surface area contributed by atoms with Gasteiger partial charge in [-0.3, -0.25) is 14.2 Å². The summed E-state index contributed by atoms with van der Waals surface area (Å²) in [5.74, 6) is 0.0285. The van der Waals surface area contributed by atoms with Gasteiger partial charge in [-0.05, 0) is 92.7 Å². The zero-order chi connectivity index (χ0) is 48.4. The van der Waals surface area contributed by atoms with E-state index < -0.39 is 36.3 Å². The van der Waals surface area contributed by atoms with E-state index in [4.69, 9.17) is 19.2 Å². The lowest BCUT2D eigenvalue weighted by Gasteiger charge is -2.30. The zero-order valence-electron chi connectivity index (χ0n) is 39.2. The summed E-state index contributed by atoms with van der Waals surface area (Å²) >= 11 is 1.38. The maximum atomic E-state index is 16.9. The van der Waals surface area contributed by atoms with Crippen LogP contribution in [0.15, 0.2) is 54.9 Å². The van der Waals surface area contributed by atoms with E-state index in [9.17, 15) is 19.2 Å². The Balaban J connectivity index is 0.973. The highest BCUT2D eigenvalue weighted by Crippen LogP contribution is 2.51. The van der Waals surface area contributed by atoms with Crippen molar-refractivity contribution in [2.45, 2.75) is 103 Å². The lowest BCUT2D eigenvalue weighted by atomic mass is 10.0. The molecule has 2 saturated heterocycles. The molecule has 1 unspecified atom stereocenters. The Morgan fingerprint density at radius 3 is 1.88 bits per heavy atom. The fourth-order valence-corrected chi connectivity index (χ4v) is 11.4. The third-order valence-electron chi connectivity index (χ3n) is 13.8. The zero-order valence-corrected chi connectivity index (χ0v) is 40.0. The molecule has 4 aromatic heterocycles. The smallest absolute Gasteiger partial charge is 0.407 e. The molecular formula is C50H55F2N9O7S. The van der Waals surface area contributed by atoms with Crippen molar-refractivity contribution < 1.29 is 42.2 Å². The van der Waals surface area contributed by atoms with Crippen molar-refractivity contribution in [1.29, 1.82) is 0 Å². The average Bonchev–Trinajstić information content (AvgIpc) is 4.03. The molecule has 3 aliphatic heterocycles. The van der Waals surface area contributed by atoms with Crippen molar-refractivity contribution in [3.05, 3.63) is 87.9 Å². The summed E-state index contributed by atoms with van der Waals surface area (Å²) in [6, 6.07) is 10.3. The number of carbonyl (C=O) groups excluding carboxylic acids is 4. The van der Waals surface area contributed by atoms with E-state index in [1.165, 1.54) is 37.7 Å². The van der Waals surface area contributed by atoms with E-state index in [2.05, 4.69) is 25.6 Å². The van der Waals surface area contributed by atoms with Gasteiger partial charge in [-0.15, -0.1) is 11.3 Å². The first-order valence-electron chi connectivity index (χ1n) is 23.6. The minimum absolute atomic E-state index is 0.169. The molecule has 10 rings (SSSR count). The number of aromatic amines is 2. The quantitative estimate of drug-likeness (QED) is 0.0927. The van der Waals surface area contributed by atoms with E-state index in [0.29, 0.717) is 64.3 Å². The van der Waals surface area contributed by atoms with Crippen LogP contribution in [-0.2, 0) is 19.1 Å². The minimum atomic E-state index is -0.812. The van der Waals surface area contributed by atoms with Gasteiger partial charge in [0.25, 0.3) is 0 Å². The van der Waals surface area contributed by atoms with Crippen molar-refractivity contribution in [3.8, 4) is 39.5 Å². The topological polar surface area (TPSA) is 189 Å². The Kier molecular flexibility index (Phi) is 12.2. The van der Waals surface area contributed by atoms with Crippen LogP contribution < -0.4 is 15.4 Å². The molecule has 19 heteroatoms. The summed E-state index contributed by atoms with van der Waals surface area (Å²) in [7, 11) is 2.52. The number of carbonyl (C=O) groups is 4. The molecular weight excluding hydrogens is 909 g/mol. The summed E-state index contributed by atoms with van der Waals surface area (Å²) < 4.78 is 50.8. The highest BCUT2D eigenvalue weighted by Gasteiger charge is 2.40. The first kappa shape index (κ1) is 46.0. The predicted molar refractivity (Wildman–Crippen MR) is 253 cm³/mol. The molecule has 69 heavy (non-hydrogen) atoms. The van der Waals surface area contributed by atoms with E-state index in [-0.39, 0.29) is 58.8 Å². The normalized spacial score (nSPS) is 19.7. The number of amides is 4. The number of aromatic nitrogens is 5. The number of imidazole rings is 2. The van der Waals surface area contributed by atoms with Crippen LogP contribution in [-0.4, -0.2) is 97.7 Å². The average molecular weight is 964 g/mol. The van der Waals surface area contributed by atoms with Gasteiger partial charge in [0.2, 0.25) is 18.0 Å². The number of hydrogen-bond donors (Lipinski definition) is 4. The molecule has 7 heterocycles.